The summed E-state index contributed by atoms with van der Waals surface area (Å²) < 4.78 is 0. The molecule has 0 saturated carbocycles. The number of aryl methyl sites for hydroxylation is 2. The summed E-state index contributed by atoms with van der Waals surface area (Å²) in [5.41, 5.74) is 4.43. The van der Waals surface area contributed by atoms with Gasteiger partial charge in [0.2, 0.25) is 0 Å². The second-order valence-corrected chi connectivity index (χ2v) is 7.83. The Labute approximate surface area is 164 Å². The summed E-state index contributed by atoms with van der Waals surface area (Å²) in [5, 5.41) is 10.5. The molecule has 0 fully saturated rings. The Morgan fingerprint density at radius 3 is 2.69 bits per heavy atom. The third kappa shape index (κ3) is 5.38. The van der Waals surface area contributed by atoms with Gasteiger partial charge in [-0.05, 0) is 56.6 Å². The predicted molar refractivity (Wildman–Crippen MR) is 116 cm³/mol. The monoisotopic (exact) mass is 381 g/mol. The summed E-state index contributed by atoms with van der Waals surface area (Å²) in [6.45, 7) is 4.18. The van der Waals surface area contributed by atoms with Crippen molar-refractivity contribution in [1.29, 1.82) is 0 Å². The third-order valence-electron chi connectivity index (χ3n) is 4.12. The van der Waals surface area contributed by atoms with E-state index in [1.807, 2.05) is 25.1 Å². The van der Waals surface area contributed by atoms with E-state index >= 15 is 0 Å². The number of nitrogens with one attached hydrogen (secondary N) is 2. The Morgan fingerprint density at radius 1 is 1.15 bits per heavy atom. The fourth-order valence-corrected chi connectivity index (χ4v) is 3.68. The van der Waals surface area contributed by atoms with Crippen molar-refractivity contribution < 1.29 is 0 Å². The molecule has 0 saturated heterocycles. The van der Waals surface area contributed by atoms with Crippen LogP contribution in [0.1, 0.15) is 23.9 Å². The maximum Gasteiger partial charge on any atom is 0.170 e. The van der Waals surface area contributed by atoms with Crippen LogP contribution in [0.4, 0.5) is 5.69 Å². The molecule has 1 heterocycles. The second-order valence-electron chi connectivity index (χ2n) is 6.36. The quantitative estimate of drug-likeness (QED) is 0.559. The molecule has 3 aromatic rings. The first-order chi connectivity index (χ1) is 12.6. The van der Waals surface area contributed by atoms with Crippen LogP contribution in [0, 0.1) is 6.92 Å². The Bertz CT molecular complexity index is 858. The van der Waals surface area contributed by atoms with Gasteiger partial charge < -0.3 is 10.6 Å². The van der Waals surface area contributed by atoms with Crippen molar-refractivity contribution in [2.45, 2.75) is 32.7 Å². The lowest BCUT2D eigenvalue weighted by atomic mass is 10.1. The summed E-state index contributed by atoms with van der Waals surface area (Å²) >= 11 is 7.13. The van der Waals surface area contributed by atoms with Crippen molar-refractivity contribution in [1.82, 2.24) is 10.3 Å². The van der Waals surface area contributed by atoms with Gasteiger partial charge in [-0.2, -0.15) is 0 Å². The van der Waals surface area contributed by atoms with E-state index in [0.29, 0.717) is 11.2 Å². The summed E-state index contributed by atoms with van der Waals surface area (Å²) in [7, 11) is 0. The molecule has 0 aliphatic carbocycles. The highest BCUT2D eigenvalue weighted by atomic mass is 32.1. The molecule has 3 nitrogen and oxygen atoms in total. The molecule has 2 N–H and O–H groups in total. The zero-order valence-electron chi connectivity index (χ0n) is 15.0. The number of hydrogen-bond acceptors (Lipinski definition) is 3. The van der Waals surface area contributed by atoms with Crippen molar-refractivity contribution in [3.63, 3.8) is 0 Å². The van der Waals surface area contributed by atoms with E-state index in [0.717, 1.165) is 34.8 Å². The second kappa shape index (κ2) is 8.92. The van der Waals surface area contributed by atoms with Crippen molar-refractivity contribution in [3.05, 3.63) is 70.5 Å². The fraction of sp³-hybridized carbons (Fsp3) is 0.238. The van der Waals surface area contributed by atoms with Crippen LogP contribution in [0.3, 0.4) is 0 Å². The average molecular weight is 382 g/mol. The Hall–Kier alpha value is -2.24. The highest BCUT2D eigenvalue weighted by Crippen LogP contribution is 2.24. The van der Waals surface area contributed by atoms with Crippen LogP contribution in [0.15, 0.2) is 60.0 Å². The van der Waals surface area contributed by atoms with E-state index in [1.54, 1.807) is 11.3 Å². The van der Waals surface area contributed by atoms with Gasteiger partial charge in [-0.15, -0.1) is 11.3 Å². The van der Waals surface area contributed by atoms with Crippen LogP contribution in [0.25, 0.3) is 11.3 Å². The van der Waals surface area contributed by atoms with Crippen LogP contribution in [0.2, 0.25) is 0 Å². The minimum Gasteiger partial charge on any atom is -0.360 e. The summed E-state index contributed by atoms with van der Waals surface area (Å²) in [5.74, 6) is 0. The van der Waals surface area contributed by atoms with Gasteiger partial charge in [-0.3, -0.25) is 0 Å². The Morgan fingerprint density at radius 2 is 1.96 bits per heavy atom. The van der Waals surface area contributed by atoms with Crippen LogP contribution in [-0.2, 0) is 6.42 Å². The topological polar surface area (TPSA) is 37.0 Å². The molecular weight excluding hydrogens is 358 g/mol. The summed E-state index contributed by atoms with van der Waals surface area (Å²) in [4.78, 5) is 4.54. The van der Waals surface area contributed by atoms with E-state index in [2.05, 4.69) is 64.3 Å². The van der Waals surface area contributed by atoms with E-state index in [9.17, 15) is 0 Å². The minimum atomic E-state index is 0.305. The molecule has 0 spiro atoms. The lowest BCUT2D eigenvalue weighted by Gasteiger charge is -2.17. The van der Waals surface area contributed by atoms with Gasteiger partial charge in [0.15, 0.2) is 5.11 Å². The van der Waals surface area contributed by atoms with Gasteiger partial charge in [-0.1, -0.05) is 42.5 Å². The van der Waals surface area contributed by atoms with Crippen LogP contribution in [-0.4, -0.2) is 16.1 Å². The number of aromatic nitrogens is 1. The number of benzene rings is 2. The average Bonchev–Trinajstić information content (AvgIpc) is 3.07. The van der Waals surface area contributed by atoms with E-state index < -0.39 is 0 Å². The van der Waals surface area contributed by atoms with E-state index in [1.165, 1.54) is 5.56 Å². The SMILES string of the molecule is Cc1nc(-c2cccc(NC(=S)N[C@@H](C)CCc3ccccc3)c2)cs1. The number of anilines is 1. The highest BCUT2D eigenvalue weighted by molar-refractivity contribution is 7.80. The standard InChI is InChI=1S/C21H23N3S2/c1-15(11-12-17-7-4-3-5-8-17)22-21(25)24-19-10-6-9-18(13-19)20-14-26-16(2)23-20/h3-10,13-15H,11-12H2,1-2H3,(H2,22,24,25)/t15-/m0/s1. The third-order valence-corrected chi connectivity index (χ3v) is 5.11. The van der Waals surface area contributed by atoms with E-state index in [-0.39, 0.29) is 0 Å². The number of hydrogen-bond donors (Lipinski definition) is 2. The van der Waals surface area contributed by atoms with Crippen LogP contribution < -0.4 is 10.6 Å². The smallest absolute Gasteiger partial charge is 0.170 e. The molecule has 5 heteroatoms. The molecule has 0 bridgehead atoms. The molecule has 0 amide bonds. The van der Waals surface area contributed by atoms with Gasteiger partial charge in [0.05, 0.1) is 10.7 Å². The normalized spacial score (nSPS) is 11.8. The molecule has 1 aromatic heterocycles. The zero-order valence-corrected chi connectivity index (χ0v) is 16.7. The first kappa shape index (κ1) is 18.5. The molecule has 1 atom stereocenters. The molecular formula is C21H23N3S2. The number of thiazole rings is 1. The minimum absolute atomic E-state index is 0.305. The number of thiocarbonyl (C=S) groups is 1. The molecule has 0 aliphatic rings. The Balaban J connectivity index is 1.53. The Kier molecular flexibility index (Phi) is 6.36. The van der Waals surface area contributed by atoms with Crippen molar-refractivity contribution in [3.8, 4) is 11.3 Å². The van der Waals surface area contributed by atoms with Crippen molar-refractivity contribution >= 4 is 34.4 Å². The van der Waals surface area contributed by atoms with Gasteiger partial charge in [-0.25, -0.2) is 4.98 Å². The van der Waals surface area contributed by atoms with Crippen LogP contribution >= 0.6 is 23.6 Å². The molecule has 134 valence electrons. The lowest BCUT2D eigenvalue weighted by molar-refractivity contribution is 0.609. The predicted octanol–water partition coefficient (Wildman–Crippen LogP) is 5.43. The van der Waals surface area contributed by atoms with Gasteiger partial charge in [0.25, 0.3) is 0 Å². The molecule has 2 aromatic carbocycles. The zero-order chi connectivity index (χ0) is 18.4. The van der Waals surface area contributed by atoms with Crippen LogP contribution in [0.5, 0.6) is 0 Å². The first-order valence-corrected chi connectivity index (χ1v) is 10.0. The van der Waals surface area contributed by atoms with E-state index in [4.69, 9.17) is 12.2 Å². The molecule has 26 heavy (non-hydrogen) atoms. The summed E-state index contributed by atoms with van der Waals surface area (Å²) in [6.07, 6.45) is 2.07. The molecule has 3 rings (SSSR count). The maximum atomic E-state index is 5.47. The first-order valence-electron chi connectivity index (χ1n) is 8.74. The number of nitrogens with zero attached hydrogens (tertiary/aromatic N) is 1. The highest BCUT2D eigenvalue weighted by Gasteiger charge is 2.07. The lowest BCUT2D eigenvalue weighted by Crippen LogP contribution is -2.36. The largest absolute Gasteiger partial charge is 0.360 e. The molecule has 0 radical (unpaired) electrons. The molecule has 0 unspecified atom stereocenters. The van der Waals surface area contributed by atoms with Gasteiger partial charge >= 0.3 is 0 Å². The number of rotatable bonds is 6. The molecule has 0 aliphatic heterocycles. The fourth-order valence-electron chi connectivity index (χ4n) is 2.74. The van der Waals surface area contributed by atoms with Crippen molar-refractivity contribution in [2.24, 2.45) is 0 Å². The van der Waals surface area contributed by atoms with Crippen molar-refractivity contribution in [2.75, 3.05) is 5.32 Å². The maximum absolute atomic E-state index is 5.47. The summed E-state index contributed by atoms with van der Waals surface area (Å²) in [6, 6.07) is 19.0. The van der Waals surface area contributed by atoms with Gasteiger partial charge in [0, 0.05) is 22.7 Å². The van der Waals surface area contributed by atoms with Gasteiger partial charge in [0.1, 0.15) is 0 Å².